The van der Waals surface area contributed by atoms with E-state index in [9.17, 15) is 26.4 Å². The van der Waals surface area contributed by atoms with E-state index in [0.717, 1.165) is 16.4 Å². The standard InChI is InChI=1S/C14H16F3NO5S/c1-18(7-11-8-23-11)24(21,22)12-5-9(2-3-13(19)20)4-10(6-12)14(15,16)17/h4-6,11H,2-3,7-8H2,1H3,(H,19,20). The highest BCUT2D eigenvalue weighted by atomic mass is 32.2. The van der Waals surface area contributed by atoms with Crippen molar-refractivity contribution in [3.8, 4) is 0 Å². The number of hydrogen-bond donors (Lipinski definition) is 1. The molecule has 134 valence electrons. The molecule has 0 aromatic heterocycles. The average molecular weight is 367 g/mol. The Labute approximate surface area is 136 Å². The molecule has 1 aliphatic heterocycles. The van der Waals surface area contributed by atoms with Gasteiger partial charge >= 0.3 is 12.1 Å². The van der Waals surface area contributed by atoms with Crippen LogP contribution in [0.2, 0.25) is 0 Å². The number of halogens is 3. The SMILES string of the molecule is CN(CC1CO1)S(=O)(=O)c1cc(CCC(=O)O)cc(C(F)(F)F)c1. The van der Waals surface area contributed by atoms with Gasteiger partial charge in [0.15, 0.2) is 0 Å². The van der Waals surface area contributed by atoms with Crippen LogP contribution in [-0.4, -0.2) is 50.1 Å². The predicted octanol–water partition coefficient (Wildman–Crippen LogP) is 1.74. The zero-order valence-electron chi connectivity index (χ0n) is 12.7. The Kier molecular flexibility index (Phi) is 5.21. The summed E-state index contributed by atoms with van der Waals surface area (Å²) >= 11 is 0. The van der Waals surface area contributed by atoms with E-state index in [4.69, 9.17) is 9.84 Å². The van der Waals surface area contributed by atoms with Crippen molar-refractivity contribution in [2.45, 2.75) is 30.0 Å². The number of alkyl halides is 3. The smallest absolute Gasteiger partial charge is 0.416 e. The molecule has 1 saturated heterocycles. The summed E-state index contributed by atoms with van der Waals surface area (Å²) in [6.45, 7) is 0.454. The number of benzene rings is 1. The number of carbonyl (C=O) groups is 1. The van der Waals surface area contributed by atoms with Gasteiger partial charge in [-0.3, -0.25) is 4.79 Å². The maximum absolute atomic E-state index is 13.0. The van der Waals surface area contributed by atoms with Crippen molar-refractivity contribution < 1.29 is 36.2 Å². The Morgan fingerprint density at radius 2 is 2.00 bits per heavy atom. The Morgan fingerprint density at radius 3 is 2.50 bits per heavy atom. The van der Waals surface area contributed by atoms with E-state index in [-0.39, 0.29) is 24.6 Å². The van der Waals surface area contributed by atoms with Gasteiger partial charge in [-0.15, -0.1) is 0 Å². The van der Waals surface area contributed by atoms with Gasteiger partial charge in [0.25, 0.3) is 0 Å². The summed E-state index contributed by atoms with van der Waals surface area (Å²) in [4.78, 5) is 10.1. The van der Waals surface area contributed by atoms with Crippen molar-refractivity contribution in [1.29, 1.82) is 0 Å². The van der Waals surface area contributed by atoms with Crippen molar-refractivity contribution in [2.24, 2.45) is 0 Å². The summed E-state index contributed by atoms with van der Waals surface area (Å²) in [6, 6.07) is 2.41. The largest absolute Gasteiger partial charge is 0.481 e. The first-order valence-corrected chi connectivity index (χ1v) is 8.45. The second kappa shape index (κ2) is 6.69. The second-order valence-electron chi connectivity index (χ2n) is 5.50. The van der Waals surface area contributed by atoms with E-state index in [1.807, 2.05) is 0 Å². The molecule has 0 spiro atoms. The summed E-state index contributed by atoms with van der Waals surface area (Å²) in [5.74, 6) is -1.18. The van der Waals surface area contributed by atoms with Crippen LogP contribution in [0, 0.1) is 0 Å². The lowest BCUT2D eigenvalue weighted by Crippen LogP contribution is -2.30. The van der Waals surface area contributed by atoms with Crippen LogP contribution in [-0.2, 0) is 32.2 Å². The molecule has 1 aromatic rings. The van der Waals surface area contributed by atoms with Crippen LogP contribution in [0.25, 0.3) is 0 Å². The second-order valence-corrected chi connectivity index (χ2v) is 7.54. The highest BCUT2D eigenvalue weighted by Crippen LogP contribution is 2.33. The Bertz CT molecular complexity index is 728. The minimum Gasteiger partial charge on any atom is -0.481 e. The van der Waals surface area contributed by atoms with Gasteiger partial charge in [-0.25, -0.2) is 8.42 Å². The molecule has 2 rings (SSSR count). The lowest BCUT2D eigenvalue weighted by Gasteiger charge is -2.18. The molecule has 1 N–H and O–H groups in total. The third kappa shape index (κ3) is 4.68. The number of nitrogens with zero attached hydrogens (tertiary/aromatic N) is 1. The predicted molar refractivity (Wildman–Crippen MR) is 77.0 cm³/mol. The van der Waals surface area contributed by atoms with Crippen LogP contribution in [0.3, 0.4) is 0 Å². The normalized spacial score (nSPS) is 18.0. The molecule has 1 unspecified atom stereocenters. The molecular weight excluding hydrogens is 351 g/mol. The highest BCUT2D eigenvalue weighted by Gasteiger charge is 2.35. The fourth-order valence-corrected chi connectivity index (χ4v) is 3.41. The van der Waals surface area contributed by atoms with Crippen LogP contribution in [0.1, 0.15) is 17.5 Å². The molecule has 0 radical (unpaired) electrons. The lowest BCUT2D eigenvalue weighted by atomic mass is 10.1. The molecule has 1 heterocycles. The van der Waals surface area contributed by atoms with Gasteiger partial charge in [0, 0.05) is 20.0 Å². The van der Waals surface area contributed by atoms with E-state index >= 15 is 0 Å². The maximum atomic E-state index is 13.0. The number of epoxide rings is 1. The number of carboxylic acid groups (broad SMARTS) is 1. The molecule has 0 amide bonds. The number of rotatable bonds is 7. The molecule has 10 heteroatoms. The number of likely N-dealkylation sites (N-methyl/N-ethyl adjacent to an activating group) is 1. The summed E-state index contributed by atoms with van der Waals surface area (Å²) in [6.07, 6.45) is -5.58. The van der Waals surface area contributed by atoms with Crippen LogP contribution < -0.4 is 0 Å². The molecule has 1 atom stereocenters. The molecule has 1 aliphatic rings. The van der Waals surface area contributed by atoms with Gasteiger partial charge in [0.2, 0.25) is 10.0 Å². The number of carboxylic acids is 1. The number of aryl methyl sites for hydroxylation is 1. The number of ether oxygens (including phenoxy) is 1. The fourth-order valence-electron chi connectivity index (χ4n) is 2.11. The van der Waals surface area contributed by atoms with Crippen molar-refractivity contribution in [2.75, 3.05) is 20.2 Å². The van der Waals surface area contributed by atoms with E-state index in [1.165, 1.54) is 7.05 Å². The maximum Gasteiger partial charge on any atom is 0.416 e. The van der Waals surface area contributed by atoms with E-state index in [1.54, 1.807) is 0 Å². The summed E-state index contributed by atoms with van der Waals surface area (Å²) in [7, 11) is -2.87. The fraction of sp³-hybridized carbons (Fsp3) is 0.500. The van der Waals surface area contributed by atoms with E-state index < -0.39 is 39.0 Å². The van der Waals surface area contributed by atoms with Crippen molar-refractivity contribution in [3.05, 3.63) is 29.3 Å². The van der Waals surface area contributed by atoms with Gasteiger partial charge in [-0.2, -0.15) is 17.5 Å². The first-order chi connectivity index (χ1) is 11.0. The molecule has 0 saturated carbocycles. The van der Waals surface area contributed by atoms with Crippen LogP contribution in [0.15, 0.2) is 23.1 Å². The Hall–Kier alpha value is -1.65. The molecule has 0 bridgehead atoms. The number of aliphatic carboxylic acids is 1. The van der Waals surface area contributed by atoms with E-state index in [0.29, 0.717) is 12.7 Å². The zero-order chi connectivity index (χ0) is 18.1. The molecular formula is C14H16F3NO5S. The first kappa shape index (κ1) is 18.7. The molecule has 6 nitrogen and oxygen atoms in total. The van der Waals surface area contributed by atoms with Gasteiger partial charge in [0.1, 0.15) is 0 Å². The van der Waals surface area contributed by atoms with Gasteiger partial charge in [0.05, 0.1) is 23.2 Å². The quantitative estimate of drug-likeness (QED) is 0.742. The minimum absolute atomic E-state index is 0.00173. The monoisotopic (exact) mass is 367 g/mol. The van der Waals surface area contributed by atoms with Crippen LogP contribution >= 0.6 is 0 Å². The molecule has 1 fully saturated rings. The molecule has 0 aliphatic carbocycles. The number of sulfonamides is 1. The summed E-state index contributed by atoms with van der Waals surface area (Å²) in [5, 5.41) is 8.66. The van der Waals surface area contributed by atoms with Crippen LogP contribution in [0.5, 0.6) is 0 Å². The van der Waals surface area contributed by atoms with Crippen molar-refractivity contribution in [1.82, 2.24) is 4.31 Å². The first-order valence-electron chi connectivity index (χ1n) is 7.01. The zero-order valence-corrected chi connectivity index (χ0v) is 13.5. The molecule has 24 heavy (non-hydrogen) atoms. The molecule has 1 aromatic carbocycles. The van der Waals surface area contributed by atoms with Gasteiger partial charge in [-0.05, 0) is 30.2 Å². The third-order valence-electron chi connectivity index (χ3n) is 3.49. The van der Waals surface area contributed by atoms with Gasteiger partial charge in [-0.1, -0.05) is 0 Å². The Morgan fingerprint density at radius 1 is 1.38 bits per heavy atom. The van der Waals surface area contributed by atoms with Gasteiger partial charge < -0.3 is 9.84 Å². The van der Waals surface area contributed by atoms with E-state index in [2.05, 4.69) is 0 Å². The Balaban J connectivity index is 2.39. The summed E-state index contributed by atoms with van der Waals surface area (Å²) in [5.41, 5.74) is -1.12. The van der Waals surface area contributed by atoms with Crippen molar-refractivity contribution in [3.63, 3.8) is 0 Å². The van der Waals surface area contributed by atoms with Crippen LogP contribution in [0.4, 0.5) is 13.2 Å². The topological polar surface area (TPSA) is 87.2 Å². The summed E-state index contributed by atoms with van der Waals surface area (Å²) < 4.78 is 69.8. The van der Waals surface area contributed by atoms with Crippen molar-refractivity contribution >= 4 is 16.0 Å². The highest BCUT2D eigenvalue weighted by molar-refractivity contribution is 7.89. The average Bonchev–Trinajstić information content (AvgIpc) is 3.27. The number of hydrogen-bond acceptors (Lipinski definition) is 4. The third-order valence-corrected chi connectivity index (χ3v) is 5.29. The minimum atomic E-state index is -4.73. The lowest BCUT2D eigenvalue weighted by molar-refractivity contribution is -0.138.